The quantitative estimate of drug-likeness (QED) is 0.661. The van der Waals surface area contributed by atoms with E-state index < -0.39 is 21.1 Å². The maximum absolute atomic E-state index is 13.3. The molecule has 1 aromatic heterocycles. The van der Waals surface area contributed by atoms with Crippen LogP contribution in [-0.2, 0) is 9.84 Å². The molecule has 118 valence electrons. The highest BCUT2D eigenvalue weighted by atomic mass is 79.9. The summed E-state index contributed by atoms with van der Waals surface area (Å²) >= 11 is 3.17. The summed E-state index contributed by atoms with van der Waals surface area (Å²) in [5.74, 6) is -0.267. The average molecular weight is 397 g/mol. The zero-order valence-electron chi connectivity index (χ0n) is 11.8. The van der Waals surface area contributed by atoms with Gasteiger partial charge < -0.3 is 4.42 Å². The van der Waals surface area contributed by atoms with Gasteiger partial charge in [0, 0.05) is 11.8 Å². The topological polar surface area (TPSA) is 64.3 Å². The van der Waals surface area contributed by atoms with Gasteiger partial charge in [-0.15, -0.1) is 0 Å². The molecule has 2 aromatic carbocycles. The van der Waals surface area contributed by atoms with Crippen molar-refractivity contribution >= 4 is 36.7 Å². The minimum Gasteiger partial charge on any atom is -0.455 e. The minimum absolute atomic E-state index is 0.133. The molecule has 0 fully saturated rings. The molecule has 0 spiro atoms. The Morgan fingerprint density at radius 2 is 1.74 bits per heavy atom. The van der Waals surface area contributed by atoms with Gasteiger partial charge in [0.25, 0.3) is 0 Å². The lowest BCUT2D eigenvalue weighted by Gasteiger charge is -2.07. The Morgan fingerprint density at radius 1 is 1.09 bits per heavy atom. The third-order valence-corrected chi connectivity index (χ3v) is 5.19. The Kier molecular flexibility index (Phi) is 3.85. The number of hydrogen-bond donors (Lipinski definition) is 0. The summed E-state index contributed by atoms with van der Waals surface area (Å²) in [6, 6.07) is 9.67. The summed E-state index contributed by atoms with van der Waals surface area (Å²) in [7, 11) is -3.31. The van der Waals surface area contributed by atoms with Gasteiger partial charge in [-0.3, -0.25) is 4.79 Å². The zero-order chi connectivity index (χ0) is 16.8. The Morgan fingerprint density at radius 3 is 2.35 bits per heavy atom. The number of halogens is 2. The summed E-state index contributed by atoms with van der Waals surface area (Å²) < 4.78 is 42.1. The van der Waals surface area contributed by atoms with Crippen LogP contribution in [0.25, 0.3) is 22.3 Å². The maximum Gasteiger partial charge on any atom is 0.207 e. The molecule has 0 bridgehead atoms. The second-order valence-electron chi connectivity index (χ2n) is 5.01. The van der Waals surface area contributed by atoms with Gasteiger partial charge in [-0.25, -0.2) is 12.8 Å². The molecule has 0 aliphatic heterocycles. The Hall–Kier alpha value is -1.99. The molecule has 0 aliphatic carbocycles. The van der Waals surface area contributed by atoms with E-state index in [0.717, 1.165) is 12.3 Å². The number of sulfone groups is 1. The van der Waals surface area contributed by atoms with Crippen LogP contribution in [0.1, 0.15) is 0 Å². The third-order valence-electron chi connectivity index (χ3n) is 3.34. The Labute approximate surface area is 139 Å². The second-order valence-corrected chi connectivity index (χ2v) is 7.82. The van der Waals surface area contributed by atoms with Crippen molar-refractivity contribution in [1.29, 1.82) is 0 Å². The highest BCUT2D eigenvalue weighted by Crippen LogP contribution is 2.30. The summed E-state index contributed by atoms with van der Waals surface area (Å²) in [6.45, 7) is 0. The SMILES string of the molecule is CS(=O)(=O)c1ccc(-c2oc3ccc(F)cc3c(=O)c2Br)cc1. The van der Waals surface area contributed by atoms with Crippen LogP contribution in [0.15, 0.2) is 61.0 Å². The summed E-state index contributed by atoms with van der Waals surface area (Å²) in [4.78, 5) is 12.5. The van der Waals surface area contributed by atoms with Gasteiger partial charge in [-0.2, -0.15) is 0 Å². The van der Waals surface area contributed by atoms with E-state index in [0.29, 0.717) is 5.56 Å². The zero-order valence-corrected chi connectivity index (χ0v) is 14.2. The van der Waals surface area contributed by atoms with Crippen molar-refractivity contribution in [1.82, 2.24) is 0 Å². The first kappa shape index (κ1) is 15.9. The van der Waals surface area contributed by atoms with E-state index >= 15 is 0 Å². The van der Waals surface area contributed by atoms with Crippen LogP contribution in [0.3, 0.4) is 0 Å². The molecule has 23 heavy (non-hydrogen) atoms. The largest absolute Gasteiger partial charge is 0.455 e. The van der Waals surface area contributed by atoms with Crippen LogP contribution in [0.5, 0.6) is 0 Å². The predicted octanol–water partition coefficient (Wildman–Crippen LogP) is 3.77. The molecule has 3 rings (SSSR count). The van der Waals surface area contributed by atoms with Crippen LogP contribution in [0.4, 0.5) is 4.39 Å². The van der Waals surface area contributed by atoms with Crippen molar-refractivity contribution in [2.24, 2.45) is 0 Å². The number of hydrogen-bond acceptors (Lipinski definition) is 4. The molecule has 0 saturated heterocycles. The summed E-state index contributed by atoms with van der Waals surface area (Å²) in [6.07, 6.45) is 1.11. The number of benzene rings is 2. The van der Waals surface area contributed by atoms with E-state index in [9.17, 15) is 17.6 Å². The van der Waals surface area contributed by atoms with Crippen LogP contribution in [0.2, 0.25) is 0 Å². The molecule has 7 heteroatoms. The molecule has 0 amide bonds. The Balaban J connectivity index is 2.22. The standard InChI is InChI=1S/C16H10BrFO4S/c1-23(20,21)11-5-2-9(3-6-11)16-14(17)15(19)12-8-10(18)4-7-13(12)22-16/h2-8H,1H3. The van der Waals surface area contributed by atoms with Crippen molar-refractivity contribution in [3.63, 3.8) is 0 Å². The van der Waals surface area contributed by atoms with Crippen molar-refractivity contribution in [2.75, 3.05) is 6.26 Å². The number of rotatable bonds is 2. The van der Waals surface area contributed by atoms with E-state index in [-0.39, 0.29) is 26.1 Å². The molecule has 0 unspecified atom stereocenters. The lowest BCUT2D eigenvalue weighted by molar-refractivity contribution is 0.601. The summed E-state index contributed by atoms with van der Waals surface area (Å²) in [5.41, 5.74) is 0.391. The monoisotopic (exact) mass is 396 g/mol. The third kappa shape index (κ3) is 2.94. The second kappa shape index (κ2) is 5.58. The lowest BCUT2D eigenvalue weighted by Crippen LogP contribution is -2.04. The normalized spacial score (nSPS) is 11.8. The van der Waals surface area contributed by atoms with Crippen LogP contribution < -0.4 is 5.43 Å². The molecule has 0 aliphatic rings. The minimum atomic E-state index is -3.31. The number of fused-ring (bicyclic) bond motifs is 1. The highest BCUT2D eigenvalue weighted by Gasteiger charge is 2.15. The fourth-order valence-corrected chi connectivity index (χ4v) is 3.34. The van der Waals surface area contributed by atoms with Crippen molar-refractivity contribution in [3.05, 3.63) is 63.0 Å². The van der Waals surface area contributed by atoms with E-state index in [2.05, 4.69) is 15.9 Å². The molecule has 1 heterocycles. The first-order chi connectivity index (χ1) is 10.8. The van der Waals surface area contributed by atoms with Crippen molar-refractivity contribution in [3.8, 4) is 11.3 Å². The Bertz CT molecular complexity index is 1070. The fourth-order valence-electron chi connectivity index (χ4n) is 2.18. The van der Waals surface area contributed by atoms with Crippen molar-refractivity contribution in [2.45, 2.75) is 4.90 Å². The van der Waals surface area contributed by atoms with Crippen molar-refractivity contribution < 1.29 is 17.2 Å². The molecule has 0 radical (unpaired) electrons. The fraction of sp³-hybridized carbons (Fsp3) is 0.0625. The smallest absolute Gasteiger partial charge is 0.207 e. The van der Waals surface area contributed by atoms with Crippen LogP contribution >= 0.6 is 15.9 Å². The van der Waals surface area contributed by atoms with Gasteiger partial charge >= 0.3 is 0 Å². The van der Waals surface area contributed by atoms with Gasteiger partial charge in [0.2, 0.25) is 5.43 Å². The van der Waals surface area contributed by atoms with E-state index in [4.69, 9.17) is 4.42 Å². The van der Waals surface area contributed by atoms with Gasteiger partial charge in [0.15, 0.2) is 15.6 Å². The van der Waals surface area contributed by atoms with Gasteiger partial charge in [0.05, 0.1) is 10.3 Å². The molecule has 4 nitrogen and oxygen atoms in total. The molecule has 0 saturated carbocycles. The van der Waals surface area contributed by atoms with E-state index in [1.165, 1.54) is 24.3 Å². The highest BCUT2D eigenvalue weighted by molar-refractivity contribution is 9.10. The average Bonchev–Trinajstić information content (AvgIpc) is 2.51. The maximum atomic E-state index is 13.3. The lowest BCUT2D eigenvalue weighted by atomic mass is 10.1. The van der Waals surface area contributed by atoms with Gasteiger partial charge in [0.1, 0.15) is 15.9 Å². The summed E-state index contributed by atoms with van der Waals surface area (Å²) in [5, 5.41) is 0.133. The van der Waals surface area contributed by atoms with E-state index in [1.807, 2.05) is 0 Å². The van der Waals surface area contributed by atoms with E-state index in [1.54, 1.807) is 12.1 Å². The predicted molar refractivity (Wildman–Crippen MR) is 88.7 cm³/mol. The molecular formula is C16H10BrFO4S. The van der Waals surface area contributed by atoms with Crippen LogP contribution in [-0.4, -0.2) is 14.7 Å². The van der Waals surface area contributed by atoms with Crippen LogP contribution in [0, 0.1) is 5.82 Å². The van der Waals surface area contributed by atoms with Gasteiger partial charge in [-0.1, -0.05) is 0 Å². The molecule has 0 N–H and O–H groups in total. The molecular weight excluding hydrogens is 387 g/mol. The molecule has 3 aromatic rings. The first-order valence-corrected chi connectivity index (χ1v) is 9.18. The molecule has 0 atom stereocenters. The van der Waals surface area contributed by atoms with Gasteiger partial charge in [-0.05, 0) is 58.4 Å². The first-order valence-electron chi connectivity index (χ1n) is 6.50.